The molecule has 0 aliphatic rings. The van der Waals surface area contributed by atoms with Gasteiger partial charge in [-0.2, -0.15) is 0 Å². The van der Waals surface area contributed by atoms with Crippen LogP contribution in [0.15, 0.2) is 45.8 Å². The lowest BCUT2D eigenvalue weighted by molar-refractivity contribution is -0.385. The average molecular weight is 372 g/mol. The van der Waals surface area contributed by atoms with Gasteiger partial charge in [0, 0.05) is 16.6 Å². The van der Waals surface area contributed by atoms with Gasteiger partial charge < -0.3 is 0 Å². The van der Waals surface area contributed by atoms with Crippen LogP contribution < -0.4 is 4.72 Å². The minimum atomic E-state index is -3.93. The van der Waals surface area contributed by atoms with E-state index in [2.05, 4.69) is 25.6 Å². The molecule has 21 heavy (non-hydrogen) atoms. The quantitative estimate of drug-likeness (QED) is 0.657. The number of non-ortho nitro benzene ring substituents is 1. The molecule has 1 aromatic carbocycles. The molecule has 0 fully saturated rings. The highest BCUT2D eigenvalue weighted by Gasteiger charge is 2.18. The SMILES string of the molecule is Cc1nc(NS(=O)(=O)c2cccc([N+](=O)[O-])c2)ccc1Br. The smallest absolute Gasteiger partial charge is 0.263 e. The summed E-state index contributed by atoms with van der Waals surface area (Å²) in [6.45, 7) is 1.72. The summed E-state index contributed by atoms with van der Waals surface area (Å²) in [5.74, 6) is 0.141. The fourth-order valence-corrected chi connectivity index (χ4v) is 2.82. The first-order valence-electron chi connectivity index (χ1n) is 5.70. The summed E-state index contributed by atoms with van der Waals surface area (Å²) in [7, 11) is -3.93. The van der Waals surface area contributed by atoms with Gasteiger partial charge in [0.05, 0.1) is 15.5 Å². The maximum Gasteiger partial charge on any atom is 0.270 e. The number of aromatic nitrogens is 1. The Morgan fingerprint density at radius 2 is 2.00 bits per heavy atom. The van der Waals surface area contributed by atoms with Crippen molar-refractivity contribution in [3.63, 3.8) is 0 Å². The van der Waals surface area contributed by atoms with E-state index < -0.39 is 14.9 Å². The van der Waals surface area contributed by atoms with Crippen LogP contribution in [0, 0.1) is 17.0 Å². The van der Waals surface area contributed by atoms with Crippen LogP contribution >= 0.6 is 15.9 Å². The molecule has 7 nitrogen and oxygen atoms in total. The number of hydrogen-bond acceptors (Lipinski definition) is 5. The lowest BCUT2D eigenvalue weighted by Crippen LogP contribution is -2.14. The molecule has 1 aromatic heterocycles. The van der Waals surface area contributed by atoms with Crippen LogP contribution in [0.5, 0.6) is 0 Å². The molecule has 0 saturated carbocycles. The lowest BCUT2D eigenvalue weighted by atomic mass is 10.3. The molecule has 110 valence electrons. The third-order valence-electron chi connectivity index (χ3n) is 2.60. The molecule has 9 heteroatoms. The summed E-state index contributed by atoms with van der Waals surface area (Å²) in [6.07, 6.45) is 0. The van der Waals surface area contributed by atoms with Crippen molar-refractivity contribution in [1.29, 1.82) is 0 Å². The summed E-state index contributed by atoms with van der Waals surface area (Å²) in [5, 5.41) is 10.7. The Morgan fingerprint density at radius 3 is 2.62 bits per heavy atom. The van der Waals surface area contributed by atoms with E-state index in [1.54, 1.807) is 13.0 Å². The molecule has 0 amide bonds. The van der Waals surface area contributed by atoms with E-state index in [1.807, 2.05) is 0 Å². The first-order valence-corrected chi connectivity index (χ1v) is 7.97. The Morgan fingerprint density at radius 1 is 1.29 bits per heavy atom. The van der Waals surface area contributed by atoms with Crippen molar-refractivity contribution in [3.8, 4) is 0 Å². The normalized spacial score (nSPS) is 11.1. The number of nitrogens with one attached hydrogen (secondary N) is 1. The molecule has 1 heterocycles. The summed E-state index contributed by atoms with van der Waals surface area (Å²) < 4.78 is 27.4. The molecule has 0 aliphatic heterocycles. The second-order valence-corrected chi connectivity index (χ2v) is 6.66. The van der Waals surface area contributed by atoms with Crippen molar-refractivity contribution in [2.75, 3.05) is 4.72 Å². The van der Waals surface area contributed by atoms with E-state index in [-0.39, 0.29) is 16.4 Å². The third kappa shape index (κ3) is 3.56. The van der Waals surface area contributed by atoms with Gasteiger partial charge in [0.25, 0.3) is 15.7 Å². The number of nitro benzene ring substituents is 1. The predicted octanol–water partition coefficient (Wildman–Crippen LogP) is 2.86. The highest BCUT2D eigenvalue weighted by Crippen LogP contribution is 2.21. The fourth-order valence-electron chi connectivity index (χ4n) is 1.56. The van der Waals surface area contributed by atoms with Crippen LogP contribution in [-0.2, 0) is 10.0 Å². The van der Waals surface area contributed by atoms with E-state index in [1.165, 1.54) is 24.3 Å². The van der Waals surface area contributed by atoms with Crippen LogP contribution in [-0.4, -0.2) is 18.3 Å². The number of rotatable bonds is 4. The van der Waals surface area contributed by atoms with E-state index in [9.17, 15) is 18.5 Å². The molecule has 2 rings (SSSR count). The predicted molar refractivity (Wildman–Crippen MR) is 80.6 cm³/mol. The van der Waals surface area contributed by atoms with Gasteiger partial charge in [0.15, 0.2) is 0 Å². The van der Waals surface area contributed by atoms with Crippen LogP contribution in [0.25, 0.3) is 0 Å². The molecule has 0 radical (unpaired) electrons. The fraction of sp³-hybridized carbons (Fsp3) is 0.0833. The molecule has 1 N–H and O–H groups in total. The zero-order valence-electron chi connectivity index (χ0n) is 10.8. The van der Waals surface area contributed by atoms with Gasteiger partial charge in [-0.1, -0.05) is 6.07 Å². The molecule has 0 spiro atoms. The maximum atomic E-state index is 12.2. The van der Waals surface area contributed by atoms with E-state index in [0.29, 0.717) is 5.69 Å². The van der Waals surface area contributed by atoms with Crippen LogP contribution in [0.3, 0.4) is 0 Å². The molecular formula is C12H10BrN3O4S. The summed E-state index contributed by atoms with van der Waals surface area (Å²) >= 11 is 3.26. The summed E-state index contributed by atoms with van der Waals surface area (Å²) in [6, 6.07) is 7.96. The number of anilines is 1. The van der Waals surface area contributed by atoms with E-state index >= 15 is 0 Å². The Balaban J connectivity index is 2.36. The Hall–Kier alpha value is -2.00. The molecule has 0 saturated heterocycles. The third-order valence-corrected chi connectivity index (χ3v) is 4.79. The summed E-state index contributed by atoms with van der Waals surface area (Å²) in [4.78, 5) is 13.9. The zero-order valence-corrected chi connectivity index (χ0v) is 13.2. The van der Waals surface area contributed by atoms with Gasteiger partial charge >= 0.3 is 0 Å². The van der Waals surface area contributed by atoms with Crippen molar-refractivity contribution in [2.45, 2.75) is 11.8 Å². The number of nitro groups is 1. The topological polar surface area (TPSA) is 102 Å². The number of halogens is 1. The van der Waals surface area contributed by atoms with E-state index in [0.717, 1.165) is 10.5 Å². The molecule has 0 bridgehead atoms. The van der Waals surface area contributed by atoms with Crippen molar-refractivity contribution in [1.82, 2.24) is 4.98 Å². The van der Waals surface area contributed by atoms with E-state index in [4.69, 9.17) is 0 Å². The van der Waals surface area contributed by atoms with Crippen molar-refractivity contribution in [3.05, 3.63) is 56.7 Å². The van der Waals surface area contributed by atoms with Crippen LogP contribution in [0.2, 0.25) is 0 Å². The highest BCUT2D eigenvalue weighted by atomic mass is 79.9. The van der Waals surface area contributed by atoms with Crippen molar-refractivity contribution >= 4 is 37.5 Å². The Bertz CT molecular complexity index is 808. The first kappa shape index (κ1) is 15.4. The van der Waals surface area contributed by atoms with Crippen LogP contribution in [0.4, 0.5) is 11.5 Å². The largest absolute Gasteiger partial charge is 0.270 e. The first-order chi connectivity index (χ1) is 9.79. The van der Waals surface area contributed by atoms with Crippen molar-refractivity contribution < 1.29 is 13.3 Å². The second kappa shape index (κ2) is 5.78. The van der Waals surface area contributed by atoms with Crippen LogP contribution in [0.1, 0.15) is 5.69 Å². The maximum absolute atomic E-state index is 12.2. The second-order valence-electron chi connectivity index (χ2n) is 4.12. The number of pyridine rings is 1. The lowest BCUT2D eigenvalue weighted by Gasteiger charge is -2.08. The zero-order chi connectivity index (χ0) is 15.6. The Labute approximate surface area is 129 Å². The van der Waals surface area contributed by atoms with Gasteiger partial charge in [-0.15, -0.1) is 0 Å². The number of benzene rings is 1. The van der Waals surface area contributed by atoms with Gasteiger partial charge in [-0.3, -0.25) is 14.8 Å². The van der Waals surface area contributed by atoms with Gasteiger partial charge in [-0.25, -0.2) is 13.4 Å². The molecule has 2 aromatic rings. The van der Waals surface area contributed by atoms with Gasteiger partial charge in [0.1, 0.15) is 5.82 Å². The standard InChI is InChI=1S/C12H10BrN3O4S/c1-8-11(13)5-6-12(14-8)15-21(19,20)10-4-2-3-9(7-10)16(17)18/h2-7H,1H3,(H,14,15). The van der Waals surface area contributed by atoms with Crippen molar-refractivity contribution in [2.24, 2.45) is 0 Å². The average Bonchev–Trinajstić information content (AvgIpc) is 2.43. The number of aryl methyl sites for hydroxylation is 1. The number of nitrogens with zero attached hydrogens (tertiary/aromatic N) is 2. The molecule has 0 unspecified atom stereocenters. The minimum Gasteiger partial charge on any atom is -0.263 e. The van der Waals surface area contributed by atoms with Gasteiger partial charge in [0.2, 0.25) is 0 Å². The highest BCUT2D eigenvalue weighted by molar-refractivity contribution is 9.10. The Kier molecular flexibility index (Phi) is 4.24. The van der Waals surface area contributed by atoms with Gasteiger partial charge in [-0.05, 0) is 41.1 Å². The molecule has 0 atom stereocenters. The molecule has 0 aliphatic carbocycles. The summed E-state index contributed by atoms with van der Waals surface area (Å²) in [5.41, 5.74) is 0.326. The monoisotopic (exact) mass is 371 g/mol. The minimum absolute atomic E-state index is 0.141. The number of hydrogen-bond donors (Lipinski definition) is 1. The molecular weight excluding hydrogens is 362 g/mol. The number of sulfonamides is 1.